The molecule has 0 radical (unpaired) electrons. The highest BCUT2D eigenvalue weighted by molar-refractivity contribution is 5.97. The topological polar surface area (TPSA) is 84.1 Å². The van der Waals surface area contributed by atoms with E-state index in [1.165, 1.54) is 25.3 Å². The van der Waals surface area contributed by atoms with E-state index >= 15 is 0 Å². The predicted octanol–water partition coefficient (Wildman–Crippen LogP) is 3.75. The van der Waals surface area contributed by atoms with Crippen LogP contribution in [0, 0.1) is 5.82 Å². The average Bonchev–Trinajstić information content (AvgIpc) is 2.73. The van der Waals surface area contributed by atoms with Gasteiger partial charge >= 0.3 is 0 Å². The third-order valence-electron chi connectivity index (χ3n) is 4.70. The van der Waals surface area contributed by atoms with E-state index in [9.17, 15) is 14.0 Å². The minimum absolute atomic E-state index is 0.0464. The lowest BCUT2D eigenvalue weighted by atomic mass is 10.0. The molecule has 0 saturated carbocycles. The van der Waals surface area contributed by atoms with Crippen molar-refractivity contribution in [2.45, 2.75) is 32.2 Å². The van der Waals surface area contributed by atoms with E-state index in [4.69, 9.17) is 4.74 Å². The maximum atomic E-state index is 13.4. The Morgan fingerprint density at radius 3 is 2.53 bits per heavy atom. The quantitative estimate of drug-likeness (QED) is 0.622. The standard InChI is InChI=1S/C23H24FN3O3/c1-14(2)22-25-17(13-21(28)27-22)12-19(15-8-10-16(24)11-9-15)26-23(29)18-6-4-5-7-20(18)30-3/h4-11,13-14,19H,12H2,1-3H3,(H,26,29)(H,25,27,28)/t19-/m1/s1. The van der Waals surface area contributed by atoms with E-state index in [2.05, 4.69) is 15.3 Å². The predicted molar refractivity (Wildman–Crippen MR) is 112 cm³/mol. The van der Waals surface area contributed by atoms with E-state index in [1.54, 1.807) is 36.4 Å². The zero-order valence-electron chi connectivity index (χ0n) is 17.1. The second-order valence-corrected chi connectivity index (χ2v) is 7.26. The Labute approximate surface area is 174 Å². The Kier molecular flexibility index (Phi) is 6.61. The van der Waals surface area contributed by atoms with Crippen LogP contribution < -0.4 is 15.6 Å². The molecule has 1 aromatic heterocycles. The summed E-state index contributed by atoms with van der Waals surface area (Å²) < 4.78 is 18.7. The van der Waals surface area contributed by atoms with Gasteiger partial charge in [-0.1, -0.05) is 38.1 Å². The minimum atomic E-state index is -0.516. The molecule has 0 saturated heterocycles. The number of hydrogen-bond donors (Lipinski definition) is 2. The van der Waals surface area contributed by atoms with Crippen LogP contribution in [0.15, 0.2) is 59.4 Å². The maximum Gasteiger partial charge on any atom is 0.255 e. The van der Waals surface area contributed by atoms with Crippen molar-refractivity contribution < 1.29 is 13.9 Å². The molecule has 2 aromatic carbocycles. The molecule has 0 fully saturated rings. The van der Waals surface area contributed by atoms with Gasteiger partial charge in [-0.05, 0) is 29.8 Å². The molecule has 1 amide bonds. The van der Waals surface area contributed by atoms with Gasteiger partial charge in [-0.25, -0.2) is 9.37 Å². The maximum absolute atomic E-state index is 13.4. The molecular weight excluding hydrogens is 385 g/mol. The molecule has 0 bridgehead atoms. The van der Waals surface area contributed by atoms with Crippen molar-refractivity contribution in [3.8, 4) is 5.75 Å². The minimum Gasteiger partial charge on any atom is -0.496 e. The van der Waals surface area contributed by atoms with Gasteiger partial charge in [0.1, 0.15) is 17.4 Å². The Hall–Kier alpha value is -3.48. The molecule has 0 spiro atoms. The molecule has 0 unspecified atom stereocenters. The highest BCUT2D eigenvalue weighted by Crippen LogP contribution is 2.22. The largest absolute Gasteiger partial charge is 0.496 e. The summed E-state index contributed by atoms with van der Waals surface area (Å²) in [5, 5.41) is 2.97. The van der Waals surface area contributed by atoms with E-state index in [0.717, 1.165) is 0 Å². The number of ether oxygens (including phenoxy) is 1. The van der Waals surface area contributed by atoms with Gasteiger partial charge in [-0.2, -0.15) is 0 Å². The van der Waals surface area contributed by atoms with Crippen molar-refractivity contribution in [1.29, 1.82) is 0 Å². The van der Waals surface area contributed by atoms with E-state index in [-0.39, 0.29) is 29.6 Å². The normalized spacial score (nSPS) is 11.9. The summed E-state index contributed by atoms with van der Waals surface area (Å²) in [7, 11) is 1.50. The molecule has 0 aliphatic heterocycles. The number of benzene rings is 2. The van der Waals surface area contributed by atoms with Crippen molar-refractivity contribution >= 4 is 5.91 Å². The van der Waals surface area contributed by atoms with Gasteiger partial charge in [-0.15, -0.1) is 0 Å². The SMILES string of the molecule is COc1ccccc1C(=O)N[C@H](Cc1cc(=O)[nH]c(C(C)C)n1)c1ccc(F)cc1. The Bertz CT molecular complexity index is 1080. The number of H-pyrrole nitrogens is 1. The monoisotopic (exact) mass is 409 g/mol. The van der Waals surface area contributed by atoms with Gasteiger partial charge in [0.15, 0.2) is 0 Å². The average molecular weight is 409 g/mol. The molecule has 30 heavy (non-hydrogen) atoms. The van der Waals surface area contributed by atoms with Gasteiger partial charge < -0.3 is 15.0 Å². The first-order valence-electron chi connectivity index (χ1n) is 9.67. The van der Waals surface area contributed by atoms with Crippen LogP contribution >= 0.6 is 0 Å². The summed E-state index contributed by atoms with van der Waals surface area (Å²) in [4.78, 5) is 32.3. The van der Waals surface area contributed by atoms with E-state index in [0.29, 0.717) is 28.4 Å². The fourth-order valence-corrected chi connectivity index (χ4v) is 3.13. The molecule has 156 valence electrons. The molecule has 1 heterocycles. The molecule has 7 heteroatoms. The van der Waals surface area contributed by atoms with Crippen molar-refractivity contribution in [3.05, 3.63) is 93.4 Å². The van der Waals surface area contributed by atoms with Crippen molar-refractivity contribution in [2.24, 2.45) is 0 Å². The van der Waals surface area contributed by atoms with E-state index < -0.39 is 6.04 Å². The fraction of sp³-hybridized carbons (Fsp3) is 0.261. The van der Waals surface area contributed by atoms with Crippen molar-refractivity contribution in [2.75, 3.05) is 7.11 Å². The molecule has 0 aliphatic rings. The molecular formula is C23H24FN3O3. The number of methoxy groups -OCH3 is 1. The number of rotatable bonds is 7. The number of carbonyl (C=O) groups excluding carboxylic acids is 1. The fourth-order valence-electron chi connectivity index (χ4n) is 3.13. The number of nitrogens with zero attached hydrogens (tertiary/aromatic N) is 1. The summed E-state index contributed by atoms with van der Waals surface area (Å²) in [5.41, 5.74) is 1.37. The molecule has 0 aliphatic carbocycles. The highest BCUT2D eigenvalue weighted by atomic mass is 19.1. The summed E-state index contributed by atoms with van der Waals surface area (Å²) in [6, 6.07) is 13.7. The van der Waals surface area contributed by atoms with Crippen LogP contribution in [0.5, 0.6) is 5.75 Å². The van der Waals surface area contributed by atoms with E-state index in [1.807, 2.05) is 13.8 Å². The molecule has 2 N–H and O–H groups in total. The van der Waals surface area contributed by atoms with Crippen molar-refractivity contribution in [1.82, 2.24) is 15.3 Å². The number of aromatic amines is 1. The number of aromatic nitrogens is 2. The smallest absolute Gasteiger partial charge is 0.255 e. The van der Waals surface area contributed by atoms with Gasteiger partial charge in [0.05, 0.1) is 24.4 Å². The number of nitrogens with one attached hydrogen (secondary N) is 2. The van der Waals surface area contributed by atoms with Crippen LogP contribution in [0.1, 0.15) is 53.2 Å². The zero-order chi connectivity index (χ0) is 21.7. The number of halogens is 1. The Morgan fingerprint density at radius 2 is 1.87 bits per heavy atom. The summed E-state index contributed by atoms with van der Waals surface area (Å²) in [5.74, 6) is 0.362. The molecule has 3 aromatic rings. The van der Waals surface area contributed by atoms with Crippen LogP contribution in [0.2, 0.25) is 0 Å². The van der Waals surface area contributed by atoms with Crippen LogP contribution in [-0.4, -0.2) is 23.0 Å². The van der Waals surface area contributed by atoms with Gasteiger partial charge in [-0.3, -0.25) is 9.59 Å². The lowest BCUT2D eigenvalue weighted by Gasteiger charge is -2.20. The van der Waals surface area contributed by atoms with Crippen molar-refractivity contribution in [3.63, 3.8) is 0 Å². The first-order chi connectivity index (χ1) is 14.4. The zero-order valence-corrected chi connectivity index (χ0v) is 17.1. The molecule has 3 rings (SSSR count). The highest BCUT2D eigenvalue weighted by Gasteiger charge is 2.20. The molecule has 1 atom stereocenters. The van der Waals surface area contributed by atoms with Crippen LogP contribution in [0.3, 0.4) is 0 Å². The van der Waals surface area contributed by atoms with Crippen LogP contribution in [-0.2, 0) is 6.42 Å². The number of para-hydroxylation sites is 1. The number of hydrogen-bond acceptors (Lipinski definition) is 4. The van der Waals surface area contributed by atoms with Gasteiger partial charge in [0, 0.05) is 18.4 Å². The number of amides is 1. The second-order valence-electron chi connectivity index (χ2n) is 7.26. The Balaban J connectivity index is 1.94. The summed E-state index contributed by atoms with van der Waals surface area (Å²) in [6.07, 6.45) is 0.274. The first kappa shape index (κ1) is 21.2. The Morgan fingerprint density at radius 1 is 1.17 bits per heavy atom. The third kappa shape index (κ3) is 5.11. The summed E-state index contributed by atoms with van der Waals surface area (Å²) in [6.45, 7) is 3.87. The van der Waals surface area contributed by atoms with Gasteiger partial charge in [0.2, 0.25) is 0 Å². The number of carbonyl (C=O) groups is 1. The van der Waals surface area contributed by atoms with Gasteiger partial charge in [0.25, 0.3) is 11.5 Å². The summed E-state index contributed by atoms with van der Waals surface area (Å²) >= 11 is 0. The third-order valence-corrected chi connectivity index (χ3v) is 4.70. The second kappa shape index (κ2) is 9.35. The lowest BCUT2D eigenvalue weighted by Crippen LogP contribution is -2.31. The van der Waals surface area contributed by atoms with Crippen LogP contribution in [0.25, 0.3) is 0 Å². The lowest BCUT2D eigenvalue weighted by molar-refractivity contribution is 0.0933. The molecule has 6 nitrogen and oxygen atoms in total. The van der Waals surface area contributed by atoms with Crippen LogP contribution in [0.4, 0.5) is 4.39 Å². The first-order valence-corrected chi connectivity index (χ1v) is 9.67.